The van der Waals surface area contributed by atoms with Crippen molar-refractivity contribution in [2.75, 3.05) is 6.54 Å². The summed E-state index contributed by atoms with van der Waals surface area (Å²) in [6.45, 7) is 8.87. The molecule has 1 heterocycles. The van der Waals surface area contributed by atoms with E-state index >= 15 is 0 Å². The topological polar surface area (TPSA) is 29.9 Å². The van der Waals surface area contributed by atoms with Gasteiger partial charge in [-0.15, -0.1) is 6.58 Å². The number of rotatable bonds is 8. The molecule has 1 aromatic rings. The first-order chi connectivity index (χ1) is 7.38. The van der Waals surface area contributed by atoms with Crippen molar-refractivity contribution in [2.45, 2.75) is 39.3 Å². The maximum atomic E-state index is 4.31. The predicted octanol–water partition coefficient (Wildman–Crippen LogP) is 2.35. The minimum absolute atomic E-state index is 0.919. The lowest BCUT2D eigenvalue weighted by Gasteiger charge is -2.07. The van der Waals surface area contributed by atoms with E-state index in [-0.39, 0.29) is 0 Å². The molecule has 0 fully saturated rings. The van der Waals surface area contributed by atoms with Crippen LogP contribution < -0.4 is 5.32 Å². The molecule has 0 saturated carbocycles. The summed E-state index contributed by atoms with van der Waals surface area (Å²) < 4.78 is 2.08. The van der Waals surface area contributed by atoms with E-state index in [4.69, 9.17) is 0 Å². The quantitative estimate of drug-likeness (QED) is 0.524. The van der Waals surface area contributed by atoms with Gasteiger partial charge in [-0.05, 0) is 31.9 Å². The van der Waals surface area contributed by atoms with Crippen molar-refractivity contribution in [3.63, 3.8) is 0 Å². The number of nitrogens with zero attached hydrogens (tertiary/aromatic N) is 2. The van der Waals surface area contributed by atoms with Crippen LogP contribution in [0.2, 0.25) is 0 Å². The van der Waals surface area contributed by atoms with E-state index in [0.717, 1.165) is 32.5 Å². The Hall–Kier alpha value is -1.09. The van der Waals surface area contributed by atoms with Gasteiger partial charge < -0.3 is 5.32 Å². The summed E-state index contributed by atoms with van der Waals surface area (Å²) in [7, 11) is 0. The molecule has 15 heavy (non-hydrogen) atoms. The van der Waals surface area contributed by atoms with Crippen LogP contribution in [0.3, 0.4) is 0 Å². The first-order valence-corrected chi connectivity index (χ1v) is 5.70. The Balaban J connectivity index is 2.35. The maximum absolute atomic E-state index is 4.31. The van der Waals surface area contributed by atoms with E-state index in [1.54, 1.807) is 0 Å². The van der Waals surface area contributed by atoms with Gasteiger partial charge in [0.05, 0.1) is 5.69 Å². The van der Waals surface area contributed by atoms with E-state index in [1.807, 2.05) is 12.3 Å². The lowest BCUT2D eigenvalue weighted by atomic mass is 10.3. The summed E-state index contributed by atoms with van der Waals surface area (Å²) in [4.78, 5) is 0. The smallest absolute Gasteiger partial charge is 0.0522 e. The molecule has 1 aromatic heterocycles. The summed E-state index contributed by atoms with van der Waals surface area (Å²) in [6, 6.07) is 2.08. The predicted molar refractivity (Wildman–Crippen MR) is 63.7 cm³/mol. The molecule has 0 aliphatic carbocycles. The molecule has 3 nitrogen and oxygen atoms in total. The van der Waals surface area contributed by atoms with Crippen LogP contribution in [0, 0.1) is 0 Å². The van der Waals surface area contributed by atoms with Crippen molar-refractivity contribution in [1.29, 1.82) is 0 Å². The van der Waals surface area contributed by atoms with Crippen LogP contribution in [-0.2, 0) is 13.1 Å². The van der Waals surface area contributed by atoms with Crippen molar-refractivity contribution in [1.82, 2.24) is 15.1 Å². The second-order valence-electron chi connectivity index (χ2n) is 3.65. The molecule has 0 amide bonds. The number of aryl methyl sites for hydroxylation is 1. The van der Waals surface area contributed by atoms with Crippen LogP contribution in [0.5, 0.6) is 0 Å². The van der Waals surface area contributed by atoms with Gasteiger partial charge in [0.15, 0.2) is 0 Å². The van der Waals surface area contributed by atoms with Crippen molar-refractivity contribution in [3.05, 3.63) is 30.6 Å². The average molecular weight is 207 g/mol. The van der Waals surface area contributed by atoms with Gasteiger partial charge in [0, 0.05) is 19.3 Å². The molecule has 0 saturated heterocycles. The third-order valence-corrected chi connectivity index (χ3v) is 2.32. The van der Waals surface area contributed by atoms with Crippen molar-refractivity contribution >= 4 is 0 Å². The molecule has 84 valence electrons. The van der Waals surface area contributed by atoms with E-state index in [1.165, 1.54) is 12.1 Å². The minimum Gasteiger partial charge on any atom is -0.311 e. The van der Waals surface area contributed by atoms with Gasteiger partial charge in [0.2, 0.25) is 0 Å². The number of hydrogen-bond acceptors (Lipinski definition) is 2. The molecule has 0 unspecified atom stereocenters. The zero-order valence-corrected chi connectivity index (χ0v) is 9.58. The fraction of sp³-hybridized carbons (Fsp3) is 0.583. The van der Waals surface area contributed by atoms with Gasteiger partial charge in [0.25, 0.3) is 0 Å². The Morgan fingerprint density at radius 2 is 2.47 bits per heavy atom. The van der Waals surface area contributed by atoms with E-state index in [9.17, 15) is 0 Å². The Morgan fingerprint density at radius 1 is 1.60 bits per heavy atom. The lowest BCUT2D eigenvalue weighted by Crippen LogP contribution is -2.17. The van der Waals surface area contributed by atoms with E-state index in [2.05, 4.69) is 34.7 Å². The van der Waals surface area contributed by atoms with Crippen LogP contribution in [-0.4, -0.2) is 16.3 Å². The minimum atomic E-state index is 0.919. The highest BCUT2D eigenvalue weighted by Gasteiger charge is 2.00. The largest absolute Gasteiger partial charge is 0.311 e. The Labute approximate surface area is 92.2 Å². The monoisotopic (exact) mass is 207 g/mol. The lowest BCUT2D eigenvalue weighted by molar-refractivity contribution is 0.537. The van der Waals surface area contributed by atoms with Crippen LogP contribution in [0.15, 0.2) is 24.9 Å². The number of aromatic nitrogens is 2. The number of allylic oxidation sites excluding steroid dienone is 1. The van der Waals surface area contributed by atoms with Crippen LogP contribution in [0.4, 0.5) is 0 Å². The fourth-order valence-corrected chi connectivity index (χ4v) is 1.49. The molecule has 0 atom stereocenters. The zero-order valence-electron chi connectivity index (χ0n) is 9.58. The molecular weight excluding hydrogens is 186 g/mol. The molecule has 0 aliphatic rings. The summed E-state index contributed by atoms with van der Waals surface area (Å²) in [5.41, 5.74) is 1.27. The van der Waals surface area contributed by atoms with Gasteiger partial charge in [0.1, 0.15) is 0 Å². The second kappa shape index (κ2) is 7.23. The van der Waals surface area contributed by atoms with Crippen LogP contribution in [0.1, 0.15) is 31.9 Å². The molecule has 0 spiro atoms. The molecule has 0 bridgehead atoms. The van der Waals surface area contributed by atoms with E-state index < -0.39 is 0 Å². The van der Waals surface area contributed by atoms with Gasteiger partial charge in [-0.2, -0.15) is 5.10 Å². The first-order valence-electron chi connectivity index (χ1n) is 5.70. The Bertz CT molecular complexity index is 278. The number of nitrogens with one attached hydrogen (secondary N) is 1. The molecule has 1 rings (SSSR count). The third-order valence-electron chi connectivity index (χ3n) is 2.32. The summed E-state index contributed by atoms with van der Waals surface area (Å²) in [5.74, 6) is 0. The third kappa shape index (κ3) is 4.30. The van der Waals surface area contributed by atoms with Crippen molar-refractivity contribution in [2.24, 2.45) is 0 Å². The highest BCUT2D eigenvalue weighted by molar-refractivity contribution is 4.99. The molecule has 0 aromatic carbocycles. The maximum Gasteiger partial charge on any atom is 0.0522 e. The SMILES string of the molecule is C=CCCCn1nccc1CNCCC. The highest BCUT2D eigenvalue weighted by Crippen LogP contribution is 2.01. The Morgan fingerprint density at radius 3 is 3.20 bits per heavy atom. The van der Waals surface area contributed by atoms with Crippen LogP contribution >= 0.6 is 0 Å². The molecular formula is C12H21N3. The summed E-state index contributed by atoms with van der Waals surface area (Å²) in [6.07, 6.45) is 7.17. The van der Waals surface area contributed by atoms with Gasteiger partial charge in [-0.1, -0.05) is 13.0 Å². The zero-order chi connectivity index (χ0) is 10.9. The second-order valence-corrected chi connectivity index (χ2v) is 3.65. The van der Waals surface area contributed by atoms with Crippen molar-refractivity contribution in [3.8, 4) is 0 Å². The Kier molecular flexibility index (Phi) is 5.78. The fourth-order valence-electron chi connectivity index (χ4n) is 1.49. The molecule has 0 aliphatic heterocycles. The number of hydrogen-bond donors (Lipinski definition) is 1. The highest BCUT2D eigenvalue weighted by atomic mass is 15.3. The van der Waals surface area contributed by atoms with Gasteiger partial charge >= 0.3 is 0 Å². The average Bonchev–Trinajstić information content (AvgIpc) is 2.67. The molecule has 3 heteroatoms. The standard InChI is InChI=1S/C12H21N3/c1-3-5-6-10-15-12(7-9-14-15)11-13-8-4-2/h3,7,9,13H,1,4-6,8,10-11H2,2H3. The van der Waals surface area contributed by atoms with Gasteiger partial charge in [-0.3, -0.25) is 4.68 Å². The van der Waals surface area contributed by atoms with Gasteiger partial charge in [-0.25, -0.2) is 0 Å². The molecule has 0 radical (unpaired) electrons. The summed E-state index contributed by atoms with van der Waals surface area (Å²) in [5, 5.41) is 7.70. The number of unbranched alkanes of at least 4 members (excludes halogenated alkanes) is 1. The normalized spacial score (nSPS) is 10.5. The van der Waals surface area contributed by atoms with E-state index in [0.29, 0.717) is 0 Å². The first kappa shape index (κ1) is 12.0. The molecule has 1 N–H and O–H groups in total. The van der Waals surface area contributed by atoms with Crippen molar-refractivity contribution < 1.29 is 0 Å². The van der Waals surface area contributed by atoms with Crippen LogP contribution in [0.25, 0.3) is 0 Å². The summed E-state index contributed by atoms with van der Waals surface area (Å²) >= 11 is 0.